The molecule has 3 fully saturated rings. The summed E-state index contributed by atoms with van der Waals surface area (Å²) in [4.78, 5) is 42.3. The molecule has 2 atom stereocenters. The smallest absolute Gasteiger partial charge is 0.326 e. The summed E-state index contributed by atoms with van der Waals surface area (Å²) in [6.45, 7) is 0. The second-order valence-corrected chi connectivity index (χ2v) is 13.1. The lowest BCUT2D eigenvalue weighted by molar-refractivity contribution is -0.143. The molecule has 0 radical (unpaired) electrons. The number of benzene rings is 2. The number of nitrogens with one attached hydrogen (secondary N) is 2. The van der Waals surface area contributed by atoms with Gasteiger partial charge in [0.25, 0.3) is 5.91 Å². The number of carboxylic acid groups (broad SMARTS) is 1. The van der Waals surface area contributed by atoms with Gasteiger partial charge >= 0.3 is 5.97 Å². The number of piperidine rings is 2. The number of sulfonamides is 1. The van der Waals surface area contributed by atoms with Crippen molar-refractivity contribution in [3.63, 3.8) is 0 Å². The highest BCUT2D eigenvalue weighted by atomic mass is 35.5. The van der Waals surface area contributed by atoms with Gasteiger partial charge in [0.15, 0.2) is 0 Å². The molecule has 10 nitrogen and oxygen atoms in total. The predicted octanol–water partition coefficient (Wildman–Crippen LogP) is 4.38. The van der Waals surface area contributed by atoms with Gasteiger partial charge in [0.05, 0.1) is 20.5 Å². The van der Waals surface area contributed by atoms with Crippen molar-refractivity contribution in [3.05, 3.63) is 88.2 Å². The monoisotopic (exact) mass is 630 g/mol. The van der Waals surface area contributed by atoms with Gasteiger partial charge in [0, 0.05) is 30.5 Å². The lowest BCUT2D eigenvalue weighted by atomic mass is 9.76. The summed E-state index contributed by atoms with van der Waals surface area (Å²) in [6.07, 6.45) is 5.27. The number of nitrogens with zero attached hydrogens (tertiary/aromatic N) is 2. The first-order valence-corrected chi connectivity index (χ1v) is 15.6. The highest BCUT2D eigenvalue weighted by molar-refractivity contribution is 7.89. The number of fused-ring (bicyclic) bond motifs is 3. The Hall–Kier alpha value is -3.51. The summed E-state index contributed by atoms with van der Waals surface area (Å²) < 4.78 is 28.5. The van der Waals surface area contributed by atoms with Crippen molar-refractivity contribution in [2.75, 3.05) is 5.32 Å². The molecular formula is C29H28Cl2N4O6S. The first-order chi connectivity index (χ1) is 20.1. The Balaban J connectivity index is 1.30. The van der Waals surface area contributed by atoms with Crippen molar-refractivity contribution in [1.82, 2.24) is 14.6 Å². The van der Waals surface area contributed by atoms with Crippen LogP contribution in [0.25, 0.3) is 0 Å². The van der Waals surface area contributed by atoms with Gasteiger partial charge in [0.1, 0.15) is 12.1 Å². The number of halogens is 2. The second kappa shape index (κ2) is 12.4. The average molecular weight is 632 g/mol. The number of pyridine rings is 1. The van der Waals surface area contributed by atoms with Gasteiger partial charge in [-0.25, -0.2) is 13.2 Å². The van der Waals surface area contributed by atoms with E-state index in [9.17, 15) is 27.9 Å². The standard InChI is InChI=1S/C29H28Cl2N4O6S/c30-22-15-32-16-23(31)25(22)27(36)33-19-10-6-17(7-11-19)14-24(29(38)39)34-28(37)26-18-8-12-20(13-9-18)35(26)42(40,41)21-4-2-1-3-5-21/h1-7,10-11,15-16,18,20,24,26H,8-9,12-14H2,(H,33,36)(H,34,37)(H,38,39)/t18?,20?,24-,26-/m0/s1. The summed E-state index contributed by atoms with van der Waals surface area (Å²) in [7, 11) is -3.97. The molecule has 13 heteroatoms. The number of carbonyl (C=O) groups excluding carboxylic acids is 2. The summed E-state index contributed by atoms with van der Waals surface area (Å²) in [5.74, 6) is -2.60. The van der Waals surface area contributed by atoms with Crippen LogP contribution in [0.15, 0.2) is 71.9 Å². The van der Waals surface area contributed by atoms with E-state index in [1.165, 1.54) is 28.8 Å². The number of amides is 2. The van der Waals surface area contributed by atoms with Crippen molar-refractivity contribution >= 4 is 56.7 Å². The van der Waals surface area contributed by atoms with Crippen LogP contribution < -0.4 is 10.6 Å². The van der Waals surface area contributed by atoms with Crippen molar-refractivity contribution in [2.24, 2.45) is 5.92 Å². The van der Waals surface area contributed by atoms with E-state index in [1.54, 1.807) is 42.5 Å². The molecule has 0 spiro atoms. The third kappa shape index (κ3) is 6.14. The maximum Gasteiger partial charge on any atom is 0.326 e. The number of aliphatic carboxylic acids is 1. The summed E-state index contributed by atoms with van der Waals surface area (Å²) >= 11 is 12.1. The van der Waals surface area contributed by atoms with E-state index >= 15 is 0 Å². The largest absolute Gasteiger partial charge is 0.480 e. The lowest BCUT2D eigenvalue weighted by Crippen LogP contribution is -2.63. The van der Waals surface area contributed by atoms with Gasteiger partial charge in [0.2, 0.25) is 15.9 Å². The Labute approximate surface area is 253 Å². The van der Waals surface area contributed by atoms with Crippen LogP contribution in [-0.4, -0.2) is 58.7 Å². The number of rotatable bonds is 9. The van der Waals surface area contributed by atoms with Gasteiger partial charge in [-0.3, -0.25) is 14.6 Å². The number of carboxylic acids is 1. The minimum absolute atomic E-state index is 0.0520. The zero-order valence-corrected chi connectivity index (χ0v) is 24.6. The van der Waals surface area contributed by atoms with Crippen LogP contribution in [-0.2, 0) is 26.0 Å². The topological polar surface area (TPSA) is 146 Å². The molecule has 3 N–H and O–H groups in total. The molecule has 2 aromatic carbocycles. The van der Waals surface area contributed by atoms with Crippen molar-refractivity contribution in [2.45, 2.75) is 55.1 Å². The molecule has 220 valence electrons. The maximum absolute atomic E-state index is 13.6. The molecule has 1 aliphatic carbocycles. The first kappa shape index (κ1) is 30.0. The molecule has 3 aromatic rings. The third-order valence-corrected chi connectivity index (χ3v) is 10.3. The molecule has 2 saturated heterocycles. The summed E-state index contributed by atoms with van der Waals surface area (Å²) in [5.41, 5.74) is 1.08. The normalized spacial score (nSPS) is 21.0. The Morgan fingerprint density at radius 2 is 1.57 bits per heavy atom. The Morgan fingerprint density at radius 3 is 2.17 bits per heavy atom. The van der Waals surface area contributed by atoms with Crippen LogP contribution in [0, 0.1) is 5.92 Å². The van der Waals surface area contributed by atoms with Gasteiger partial charge in [-0.1, -0.05) is 53.5 Å². The van der Waals surface area contributed by atoms with E-state index in [0.29, 0.717) is 36.9 Å². The Kier molecular flexibility index (Phi) is 8.84. The number of carbonyl (C=O) groups is 3. The van der Waals surface area contributed by atoms with E-state index < -0.39 is 39.9 Å². The highest BCUT2D eigenvalue weighted by Crippen LogP contribution is 2.42. The van der Waals surface area contributed by atoms with E-state index in [2.05, 4.69) is 15.6 Å². The van der Waals surface area contributed by atoms with Crippen molar-refractivity contribution in [3.8, 4) is 0 Å². The molecule has 0 unspecified atom stereocenters. The fraction of sp³-hybridized carbons (Fsp3) is 0.310. The van der Waals surface area contributed by atoms with Gasteiger partial charge in [-0.15, -0.1) is 0 Å². The second-order valence-electron chi connectivity index (χ2n) is 10.4. The highest BCUT2D eigenvalue weighted by Gasteiger charge is 2.51. The minimum Gasteiger partial charge on any atom is -0.480 e. The van der Waals surface area contributed by atoms with Gasteiger partial charge in [-0.05, 0) is 61.4 Å². The van der Waals surface area contributed by atoms with Crippen LogP contribution in [0.3, 0.4) is 0 Å². The molecule has 2 aliphatic heterocycles. The van der Waals surface area contributed by atoms with Crippen molar-refractivity contribution < 1.29 is 27.9 Å². The van der Waals surface area contributed by atoms with Crippen LogP contribution in [0.1, 0.15) is 41.6 Å². The van der Waals surface area contributed by atoms with Gasteiger partial charge < -0.3 is 15.7 Å². The van der Waals surface area contributed by atoms with E-state index in [1.807, 2.05) is 0 Å². The fourth-order valence-electron chi connectivity index (χ4n) is 5.74. The molecule has 42 heavy (non-hydrogen) atoms. The molecule has 6 rings (SSSR count). The van der Waals surface area contributed by atoms with Crippen LogP contribution in [0.2, 0.25) is 10.0 Å². The molecule has 2 amide bonds. The molecule has 3 heterocycles. The van der Waals surface area contributed by atoms with Crippen LogP contribution >= 0.6 is 23.2 Å². The summed E-state index contributed by atoms with van der Waals surface area (Å²) in [5, 5.41) is 15.4. The minimum atomic E-state index is -3.97. The lowest BCUT2D eigenvalue weighted by Gasteiger charge is -2.49. The van der Waals surface area contributed by atoms with Crippen LogP contribution in [0.4, 0.5) is 5.69 Å². The zero-order chi connectivity index (χ0) is 30.0. The summed E-state index contributed by atoms with van der Waals surface area (Å²) in [6, 6.07) is 11.8. The quantitative estimate of drug-likeness (QED) is 0.318. The van der Waals surface area contributed by atoms with E-state index in [-0.39, 0.29) is 38.9 Å². The molecule has 1 saturated carbocycles. The maximum atomic E-state index is 13.6. The molecular weight excluding hydrogens is 603 g/mol. The van der Waals surface area contributed by atoms with E-state index in [0.717, 1.165) is 0 Å². The predicted molar refractivity (Wildman–Crippen MR) is 157 cm³/mol. The average Bonchev–Trinajstić information content (AvgIpc) is 2.98. The third-order valence-electron chi connectivity index (χ3n) is 7.76. The molecule has 3 aliphatic rings. The first-order valence-electron chi connectivity index (χ1n) is 13.4. The Bertz CT molecular complexity index is 1580. The number of aromatic nitrogens is 1. The molecule has 1 aromatic heterocycles. The van der Waals surface area contributed by atoms with Crippen LogP contribution in [0.5, 0.6) is 0 Å². The van der Waals surface area contributed by atoms with E-state index in [4.69, 9.17) is 23.2 Å². The van der Waals surface area contributed by atoms with Gasteiger partial charge in [-0.2, -0.15) is 4.31 Å². The Morgan fingerprint density at radius 1 is 0.952 bits per heavy atom. The SMILES string of the molecule is O=C(Nc1ccc(C[C@H](NC(=O)[C@@H]2C3CCC(CC3)N2S(=O)(=O)c2ccccc2)C(=O)O)cc1)c1c(Cl)cncc1Cl. The molecule has 2 bridgehead atoms. The zero-order valence-electron chi connectivity index (χ0n) is 22.2. The number of anilines is 1. The van der Waals surface area contributed by atoms with Crippen molar-refractivity contribution in [1.29, 1.82) is 0 Å². The number of hydrogen-bond donors (Lipinski definition) is 3. The number of hydrogen-bond acceptors (Lipinski definition) is 6. The fourth-order valence-corrected chi connectivity index (χ4v) is 8.19.